The second-order valence-electron chi connectivity index (χ2n) is 17.0. The highest BCUT2D eigenvalue weighted by Gasteiger charge is 2.50. The van der Waals surface area contributed by atoms with Crippen LogP contribution in [-0.2, 0) is 57.1 Å². The lowest BCUT2D eigenvalue weighted by Crippen LogP contribution is -2.46. The van der Waals surface area contributed by atoms with Crippen molar-refractivity contribution < 1.29 is 80.5 Å². The number of aliphatic hydroxyl groups is 2. The number of ketones is 1. The van der Waals surface area contributed by atoms with E-state index in [0.29, 0.717) is 18.7 Å². The first kappa shape index (κ1) is 53.7. The van der Waals surface area contributed by atoms with E-state index in [1.54, 1.807) is 11.8 Å². The van der Waals surface area contributed by atoms with Crippen molar-refractivity contribution in [3.63, 3.8) is 0 Å². The summed E-state index contributed by atoms with van der Waals surface area (Å²) in [5, 5.41) is 28.2. The number of nitrogen functional groups attached to an aromatic ring is 1. The van der Waals surface area contributed by atoms with Gasteiger partial charge < -0.3 is 55.9 Å². The van der Waals surface area contributed by atoms with Gasteiger partial charge in [0.1, 0.15) is 42.0 Å². The van der Waals surface area contributed by atoms with Gasteiger partial charge in [0.2, 0.25) is 11.8 Å². The fourth-order valence-corrected chi connectivity index (χ4v) is 12.2. The Labute approximate surface area is 394 Å². The first-order valence-corrected chi connectivity index (χ1v) is 27.2. The Hall–Kier alpha value is -3.68. The molecule has 6 rings (SSSR count). The van der Waals surface area contributed by atoms with Crippen LogP contribution in [0.4, 0.5) is 5.82 Å². The van der Waals surface area contributed by atoms with Gasteiger partial charge in [0.15, 0.2) is 17.7 Å². The predicted molar refractivity (Wildman–Crippen MR) is 244 cm³/mol. The number of phosphoric ester groups is 3. The maximum Gasteiger partial charge on any atom is 0.481 e. The molecular weight excluding hydrogens is 977 g/mol. The number of nitrogens with zero attached hydrogens (tertiary/aromatic N) is 4. The summed E-state index contributed by atoms with van der Waals surface area (Å²) in [5.74, 6) is -0.505. The molecule has 2 unspecified atom stereocenters. The summed E-state index contributed by atoms with van der Waals surface area (Å²) in [4.78, 5) is 93.2. The number of carbonyl (C=O) groups is 3. The molecule has 1 aliphatic heterocycles. The Morgan fingerprint density at radius 2 is 1.75 bits per heavy atom. The largest absolute Gasteiger partial charge is 0.481 e. The Morgan fingerprint density at radius 1 is 1.01 bits per heavy atom. The van der Waals surface area contributed by atoms with Crippen LogP contribution in [0.25, 0.3) is 22.1 Å². The molecule has 0 radical (unpaired) electrons. The van der Waals surface area contributed by atoms with E-state index in [1.165, 1.54) is 24.8 Å². The second kappa shape index (κ2) is 23.0. The van der Waals surface area contributed by atoms with Crippen molar-refractivity contribution in [3.05, 3.63) is 48.7 Å². The minimum Gasteiger partial charge on any atom is -0.386 e. The van der Waals surface area contributed by atoms with Crippen molar-refractivity contribution in [1.82, 2.24) is 35.1 Å². The maximum atomic E-state index is 13.3. The number of anilines is 1. The van der Waals surface area contributed by atoms with Crippen LogP contribution >= 0.6 is 35.2 Å². The highest BCUT2D eigenvalue weighted by molar-refractivity contribution is 7.99. The average molecular weight is 1030 g/mol. The summed E-state index contributed by atoms with van der Waals surface area (Å²) in [6.07, 6.45) is 1.09. The van der Waals surface area contributed by atoms with Gasteiger partial charge in [-0.2, -0.15) is 16.1 Å². The van der Waals surface area contributed by atoms with Gasteiger partial charge in [-0.25, -0.2) is 28.6 Å². The zero-order valence-electron chi connectivity index (χ0n) is 37.1. The molecule has 2 fully saturated rings. The fraction of sp³-hybridized carbons (Fsp3) is 0.590. The van der Waals surface area contributed by atoms with Crippen LogP contribution in [0.2, 0.25) is 0 Å². The Kier molecular flexibility index (Phi) is 18.2. The first-order valence-electron chi connectivity index (χ1n) is 21.6. The number of ether oxygens (including phenoxy) is 1. The molecule has 4 aromatic rings. The monoisotopic (exact) mass is 1030 g/mol. The number of rotatable bonds is 25. The van der Waals surface area contributed by atoms with Gasteiger partial charge in [-0.3, -0.25) is 32.5 Å². The van der Waals surface area contributed by atoms with E-state index in [-0.39, 0.29) is 52.8 Å². The highest BCUT2D eigenvalue weighted by atomic mass is 32.2. The number of benzene rings is 1. The number of imidazole rings is 1. The van der Waals surface area contributed by atoms with E-state index in [1.807, 2.05) is 24.4 Å². The molecule has 4 heterocycles. The SMILES string of the molecule is CC(C)(COP(=O)(O)OP(=O)(O)OC[C@H]1O[C@@H](n2cnc3c(N)ncnc32)[C@H](O)[C@@H]1OP(=O)(O)O)[C@@H](O)C(=O)NCCC(=O)NCCS[C@@H]1CCCC[C@@H]1C(=O)CCCc1c[nH]c2ccccc12. The predicted octanol–water partition coefficient (Wildman–Crippen LogP) is 2.77. The smallest absolute Gasteiger partial charge is 0.386 e. The van der Waals surface area contributed by atoms with Crippen LogP contribution < -0.4 is 16.4 Å². The topological polar surface area (TPSA) is 379 Å². The molecule has 11 N–H and O–H groups in total. The van der Waals surface area contributed by atoms with E-state index < -0.39 is 78.6 Å². The Morgan fingerprint density at radius 3 is 2.51 bits per heavy atom. The number of hydrogen-bond acceptors (Lipinski definition) is 18. The van der Waals surface area contributed by atoms with Crippen molar-refractivity contribution >= 4 is 80.7 Å². The lowest BCUT2D eigenvalue weighted by molar-refractivity contribution is -0.137. The van der Waals surface area contributed by atoms with Crippen molar-refractivity contribution in [2.45, 2.75) is 101 Å². The molecule has 1 saturated heterocycles. The van der Waals surface area contributed by atoms with Crippen LogP contribution in [0.3, 0.4) is 0 Å². The number of aryl methyl sites for hydroxylation is 1. The molecule has 1 saturated carbocycles. The first-order chi connectivity index (χ1) is 32.0. The molecule has 68 heavy (non-hydrogen) atoms. The van der Waals surface area contributed by atoms with Crippen molar-refractivity contribution in [2.75, 3.05) is 37.8 Å². The third-order valence-corrected chi connectivity index (χ3v) is 16.0. The molecule has 376 valence electrons. The number of amides is 2. The standard InChI is InChI=1S/C39H57N8O17P3S/c1-39(2,20-61-67(58,59)64-66(56,57)60-19-28-33(63-65(53,54)55)32(50)38(62-28)47-22-46-31-35(40)44-21-45-36(31)47)34(51)37(52)42-15-14-30(49)41-16-17-68-29-13-6-4-10-25(29)27(48)12-7-8-23-18-43-26-11-5-3-9-24(23)26/h3,5,9,11,18,21-22,25,28-29,32-34,38,43,50-51H,4,6-8,10,12-17,19-20H2,1-2H3,(H,41,49)(H,42,52)(H,56,57)(H,58,59)(H2,40,44,45)(H2,53,54,55)/t25-,28-,29-,32-,33-,34+,38-/m1/s1. The van der Waals surface area contributed by atoms with Crippen LogP contribution in [0, 0.1) is 11.3 Å². The molecule has 25 nitrogen and oxygen atoms in total. The maximum absolute atomic E-state index is 13.3. The number of carbonyl (C=O) groups excluding carboxylic acids is 3. The number of nitrogens with one attached hydrogen (secondary N) is 3. The van der Waals surface area contributed by atoms with Gasteiger partial charge in [0, 0.05) is 65.4 Å². The van der Waals surface area contributed by atoms with E-state index in [9.17, 15) is 57.9 Å². The fourth-order valence-electron chi connectivity index (χ4n) is 7.98. The minimum absolute atomic E-state index is 0.0237. The molecule has 1 aromatic carbocycles. The number of aromatic amines is 1. The van der Waals surface area contributed by atoms with Crippen molar-refractivity contribution in [3.8, 4) is 0 Å². The Bertz CT molecular complexity index is 2540. The zero-order valence-corrected chi connectivity index (χ0v) is 40.6. The molecular formula is C39H57N8O17P3S. The summed E-state index contributed by atoms with van der Waals surface area (Å²) >= 11 is 1.67. The van der Waals surface area contributed by atoms with Crippen LogP contribution in [-0.4, -0.2) is 134 Å². The molecule has 0 bridgehead atoms. The lowest BCUT2D eigenvalue weighted by atomic mass is 9.84. The molecule has 9 atom stereocenters. The van der Waals surface area contributed by atoms with Crippen molar-refractivity contribution in [1.29, 1.82) is 0 Å². The minimum atomic E-state index is -5.58. The zero-order chi connectivity index (χ0) is 49.4. The normalized spacial score (nSPS) is 23.5. The molecule has 0 spiro atoms. The van der Waals surface area contributed by atoms with Crippen molar-refractivity contribution in [2.24, 2.45) is 11.3 Å². The number of H-pyrrole nitrogens is 1. The molecule has 2 aliphatic rings. The molecule has 2 amide bonds. The molecule has 3 aromatic heterocycles. The third-order valence-electron chi connectivity index (χ3n) is 11.5. The lowest BCUT2D eigenvalue weighted by Gasteiger charge is -2.30. The third kappa shape index (κ3) is 14.5. The van der Waals surface area contributed by atoms with Crippen LogP contribution in [0.15, 0.2) is 43.1 Å². The number of Topliss-reactive ketones (excluding diaryl/α,β-unsaturated/α-hetero) is 1. The Balaban J connectivity index is 0.886. The summed E-state index contributed by atoms with van der Waals surface area (Å²) in [7, 11) is -16.4. The summed E-state index contributed by atoms with van der Waals surface area (Å²) in [6, 6.07) is 8.09. The summed E-state index contributed by atoms with van der Waals surface area (Å²) < 4.78 is 62.6. The number of para-hydroxylation sites is 1. The number of phosphoric acid groups is 3. The number of nitrogens with two attached hydrogens (primary N) is 1. The van der Waals surface area contributed by atoms with Gasteiger partial charge in [-0.05, 0) is 37.3 Å². The van der Waals surface area contributed by atoms with E-state index in [2.05, 4.69) is 45.5 Å². The van der Waals surface area contributed by atoms with E-state index in [4.69, 9.17) is 19.5 Å². The van der Waals surface area contributed by atoms with Gasteiger partial charge in [-0.15, -0.1) is 0 Å². The van der Waals surface area contributed by atoms with E-state index >= 15 is 0 Å². The van der Waals surface area contributed by atoms with Gasteiger partial charge in [-0.1, -0.05) is 44.9 Å². The highest BCUT2D eigenvalue weighted by Crippen LogP contribution is 2.61. The second-order valence-corrected chi connectivity index (χ2v) is 22.6. The summed E-state index contributed by atoms with van der Waals surface area (Å²) in [5.41, 5.74) is 6.58. The molecule has 29 heteroatoms. The number of aromatic nitrogens is 5. The summed E-state index contributed by atoms with van der Waals surface area (Å²) in [6.45, 7) is 0.719. The van der Waals surface area contributed by atoms with Gasteiger partial charge in [0.05, 0.1) is 19.5 Å². The van der Waals surface area contributed by atoms with Gasteiger partial charge in [0.25, 0.3) is 0 Å². The quantitative estimate of drug-likeness (QED) is 0.0337. The van der Waals surface area contributed by atoms with Gasteiger partial charge >= 0.3 is 23.5 Å². The number of fused-ring (bicyclic) bond motifs is 2. The van der Waals surface area contributed by atoms with Crippen LogP contribution in [0.5, 0.6) is 0 Å². The number of hydrogen-bond donors (Lipinski definition) is 10. The van der Waals surface area contributed by atoms with Crippen LogP contribution in [0.1, 0.15) is 70.6 Å². The number of aliphatic hydroxyl groups excluding tert-OH is 2. The van der Waals surface area contributed by atoms with E-state index in [0.717, 1.165) is 61.3 Å². The number of thioether (sulfide) groups is 1. The average Bonchev–Trinajstić information content (AvgIpc) is 3.98. The molecule has 1 aliphatic carbocycles.